The maximum atomic E-state index is 13.3. The van der Waals surface area contributed by atoms with E-state index in [4.69, 9.17) is 11.6 Å². The van der Waals surface area contributed by atoms with E-state index in [-0.39, 0.29) is 9.92 Å². The molecule has 1 N–H and O–H groups in total. The van der Waals surface area contributed by atoms with Gasteiger partial charge in [0.15, 0.2) is 0 Å². The second-order valence-electron chi connectivity index (χ2n) is 6.54. The van der Waals surface area contributed by atoms with E-state index in [0.29, 0.717) is 16.1 Å². The van der Waals surface area contributed by atoms with Crippen molar-refractivity contribution < 1.29 is 26.4 Å². The molecule has 168 valence electrons. The lowest BCUT2D eigenvalue weighted by atomic mass is 10.2. The maximum absolute atomic E-state index is 13.3. The Morgan fingerprint density at radius 2 is 1.62 bits per heavy atom. The van der Waals surface area contributed by atoms with Crippen LogP contribution in [-0.4, -0.2) is 20.9 Å². The fourth-order valence-electron chi connectivity index (χ4n) is 2.76. The Kier molecular flexibility index (Phi) is 7.16. The normalized spacial score (nSPS) is 11.8. The number of amides is 1. The quantitative estimate of drug-likeness (QED) is 0.414. The first-order valence-corrected chi connectivity index (χ1v) is 11.6. The van der Waals surface area contributed by atoms with Crippen LogP contribution in [0.2, 0.25) is 5.02 Å². The van der Waals surface area contributed by atoms with Gasteiger partial charge in [0.2, 0.25) is 5.91 Å². The smallest absolute Gasteiger partial charge is 0.325 e. The van der Waals surface area contributed by atoms with Gasteiger partial charge in [-0.05, 0) is 54.6 Å². The van der Waals surface area contributed by atoms with Gasteiger partial charge in [0.25, 0.3) is 10.0 Å². The summed E-state index contributed by atoms with van der Waals surface area (Å²) in [5.41, 5.74) is -1.18. The number of halogens is 5. The molecule has 5 nitrogen and oxygen atoms in total. The molecule has 11 heteroatoms. The molecule has 0 aliphatic carbocycles. The van der Waals surface area contributed by atoms with Crippen LogP contribution in [-0.2, 0) is 21.0 Å². The van der Waals surface area contributed by atoms with Crippen LogP contribution >= 0.6 is 27.5 Å². The van der Waals surface area contributed by atoms with E-state index in [2.05, 4.69) is 21.2 Å². The fraction of sp³-hybridized carbons (Fsp3) is 0.0952. The third-order valence-corrected chi connectivity index (χ3v) is 6.91. The summed E-state index contributed by atoms with van der Waals surface area (Å²) in [5.74, 6) is -0.764. The molecule has 0 saturated heterocycles. The predicted octanol–water partition coefficient (Wildman–Crippen LogP) is 5.96. The zero-order valence-electron chi connectivity index (χ0n) is 16.1. The Balaban J connectivity index is 2.04. The zero-order chi connectivity index (χ0) is 23.5. The Bertz CT molecular complexity index is 1220. The Morgan fingerprint density at radius 3 is 2.22 bits per heavy atom. The van der Waals surface area contributed by atoms with E-state index >= 15 is 0 Å². The fourth-order valence-corrected chi connectivity index (χ4v) is 4.75. The molecule has 32 heavy (non-hydrogen) atoms. The highest BCUT2D eigenvalue weighted by Gasteiger charge is 2.34. The van der Waals surface area contributed by atoms with E-state index in [1.54, 1.807) is 30.3 Å². The van der Waals surface area contributed by atoms with Crippen molar-refractivity contribution in [2.24, 2.45) is 0 Å². The highest BCUT2D eigenvalue weighted by atomic mass is 79.9. The SMILES string of the molecule is O=C(CN(c1cc(C(F)(F)F)ccc1Cl)S(=O)(=O)c1ccccc1)Nc1ccc(Br)cc1. The number of benzene rings is 3. The van der Waals surface area contributed by atoms with E-state index < -0.39 is 39.9 Å². The number of carbonyl (C=O) groups excluding carboxylic acids is 1. The summed E-state index contributed by atoms with van der Waals surface area (Å²) in [6, 6.07) is 15.8. The number of rotatable bonds is 6. The van der Waals surface area contributed by atoms with Crippen molar-refractivity contribution >= 4 is 54.8 Å². The minimum absolute atomic E-state index is 0.204. The summed E-state index contributed by atoms with van der Waals surface area (Å²) >= 11 is 9.34. The topological polar surface area (TPSA) is 66.5 Å². The lowest BCUT2D eigenvalue weighted by molar-refractivity contribution is -0.137. The van der Waals surface area contributed by atoms with Crippen LogP contribution in [0.25, 0.3) is 0 Å². The molecule has 0 fully saturated rings. The molecular weight excluding hydrogens is 533 g/mol. The molecule has 0 bridgehead atoms. The van der Waals surface area contributed by atoms with Crippen LogP contribution in [0.3, 0.4) is 0 Å². The molecule has 1 amide bonds. The van der Waals surface area contributed by atoms with Crippen LogP contribution in [0, 0.1) is 0 Å². The molecule has 3 aromatic rings. The molecule has 0 aliphatic heterocycles. The number of carbonyl (C=O) groups is 1. The first kappa shape index (κ1) is 24.1. The number of anilines is 2. The van der Waals surface area contributed by atoms with Gasteiger partial charge in [0.05, 0.1) is 21.2 Å². The van der Waals surface area contributed by atoms with Gasteiger partial charge in [-0.25, -0.2) is 8.42 Å². The highest BCUT2D eigenvalue weighted by molar-refractivity contribution is 9.10. The number of sulfonamides is 1. The molecule has 3 aromatic carbocycles. The number of hydrogen-bond donors (Lipinski definition) is 1. The van der Waals surface area contributed by atoms with Crippen LogP contribution in [0.1, 0.15) is 5.56 Å². The average Bonchev–Trinajstić information content (AvgIpc) is 2.74. The van der Waals surface area contributed by atoms with Crippen molar-refractivity contribution in [1.82, 2.24) is 0 Å². The number of nitrogens with one attached hydrogen (secondary N) is 1. The van der Waals surface area contributed by atoms with Gasteiger partial charge in [-0.1, -0.05) is 45.7 Å². The van der Waals surface area contributed by atoms with Crippen molar-refractivity contribution in [2.75, 3.05) is 16.2 Å². The summed E-state index contributed by atoms with van der Waals surface area (Å²) in [5, 5.41) is 2.27. The van der Waals surface area contributed by atoms with Gasteiger partial charge < -0.3 is 5.32 Å². The van der Waals surface area contributed by atoms with Crippen LogP contribution in [0.5, 0.6) is 0 Å². The Morgan fingerprint density at radius 1 is 1.00 bits per heavy atom. The van der Waals surface area contributed by atoms with Gasteiger partial charge in [-0.3, -0.25) is 9.10 Å². The number of hydrogen-bond acceptors (Lipinski definition) is 3. The molecule has 0 aliphatic rings. The first-order valence-electron chi connectivity index (χ1n) is 8.98. The number of alkyl halides is 3. The van der Waals surface area contributed by atoms with Crippen molar-refractivity contribution in [1.29, 1.82) is 0 Å². The third kappa shape index (κ3) is 5.62. The second-order valence-corrected chi connectivity index (χ2v) is 9.73. The lowest BCUT2D eigenvalue weighted by Gasteiger charge is -2.25. The monoisotopic (exact) mass is 546 g/mol. The van der Waals surface area contributed by atoms with E-state index in [1.165, 1.54) is 24.3 Å². The molecule has 0 heterocycles. The summed E-state index contributed by atoms with van der Waals surface area (Å²) < 4.78 is 67.7. The van der Waals surface area contributed by atoms with Gasteiger partial charge in [-0.2, -0.15) is 13.2 Å². The van der Waals surface area contributed by atoms with Crippen molar-refractivity contribution in [2.45, 2.75) is 11.1 Å². The average molecular weight is 548 g/mol. The van der Waals surface area contributed by atoms with Gasteiger partial charge >= 0.3 is 6.18 Å². The van der Waals surface area contributed by atoms with E-state index in [0.717, 1.165) is 16.6 Å². The zero-order valence-corrected chi connectivity index (χ0v) is 19.3. The second kappa shape index (κ2) is 9.51. The summed E-state index contributed by atoms with van der Waals surface area (Å²) in [4.78, 5) is 12.5. The molecule has 0 unspecified atom stereocenters. The van der Waals surface area contributed by atoms with Gasteiger partial charge in [-0.15, -0.1) is 0 Å². The Hall–Kier alpha value is -2.56. The molecule has 0 spiro atoms. The molecular formula is C21H15BrClF3N2O3S. The van der Waals surface area contributed by atoms with Crippen molar-refractivity contribution in [3.63, 3.8) is 0 Å². The minimum atomic E-state index is -4.73. The third-order valence-electron chi connectivity index (χ3n) is 4.29. The molecule has 0 aromatic heterocycles. The van der Waals surface area contributed by atoms with Crippen LogP contribution in [0.4, 0.5) is 24.5 Å². The lowest BCUT2D eigenvalue weighted by Crippen LogP contribution is -2.38. The van der Waals surface area contributed by atoms with Crippen molar-refractivity contribution in [3.8, 4) is 0 Å². The summed E-state index contributed by atoms with van der Waals surface area (Å²) in [7, 11) is -4.42. The first-order chi connectivity index (χ1) is 15.0. The predicted molar refractivity (Wildman–Crippen MR) is 120 cm³/mol. The van der Waals surface area contributed by atoms with Crippen molar-refractivity contribution in [3.05, 3.63) is 87.9 Å². The van der Waals surface area contributed by atoms with Crippen LogP contribution < -0.4 is 9.62 Å². The molecule has 0 atom stereocenters. The molecule has 3 rings (SSSR count). The summed E-state index contributed by atoms with van der Waals surface area (Å²) in [6.07, 6.45) is -4.73. The van der Waals surface area contributed by atoms with E-state index in [9.17, 15) is 26.4 Å². The van der Waals surface area contributed by atoms with Crippen LogP contribution in [0.15, 0.2) is 82.2 Å². The van der Waals surface area contributed by atoms with Gasteiger partial charge in [0.1, 0.15) is 6.54 Å². The molecule has 0 radical (unpaired) electrons. The standard InChI is InChI=1S/C21H15BrClF3N2O3S/c22-15-7-9-16(10-8-15)27-20(29)13-28(32(30,31)17-4-2-1-3-5-17)19-12-14(21(24,25)26)6-11-18(19)23/h1-12H,13H2,(H,27,29). The van der Waals surface area contributed by atoms with Gasteiger partial charge in [0, 0.05) is 10.2 Å². The largest absolute Gasteiger partial charge is 0.416 e. The Labute approximate surface area is 196 Å². The van der Waals surface area contributed by atoms with E-state index in [1.807, 2.05) is 0 Å². The minimum Gasteiger partial charge on any atom is -0.325 e. The number of nitrogens with zero attached hydrogens (tertiary/aromatic N) is 1. The maximum Gasteiger partial charge on any atom is 0.416 e. The highest BCUT2D eigenvalue weighted by Crippen LogP contribution is 2.37. The molecule has 0 saturated carbocycles. The summed E-state index contributed by atoms with van der Waals surface area (Å²) in [6.45, 7) is -0.797.